The third-order valence-corrected chi connectivity index (χ3v) is 3.97. The fourth-order valence-corrected chi connectivity index (χ4v) is 2.73. The number of carbonyl (C=O) groups excluding carboxylic acids is 2. The molecule has 0 bridgehead atoms. The highest BCUT2D eigenvalue weighted by molar-refractivity contribution is 6.11. The third-order valence-electron chi connectivity index (χ3n) is 3.97. The van der Waals surface area contributed by atoms with Crippen molar-refractivity contribution in [1.82, 2.24) is 4.90 Å². The zero-order chi connectivity index (χ0) is 17.8. The van der Waals surface area contributed by atoms with E-state index in [1.807, 2.05) is 60.7 Å². The van der Waals surface area contributed by atoms with E-state index in [9.17, 15) is 9.59 Å². The van der Waals surface area contributed by atoms with Gasteiger partial charge in [-0.3, -0.25) is 4.79 Å². The summed E-state index contributed by atoms with van der Waals surface area (Å²) in [5.74, 6) is -0.526. The van der Waals surface area contributed by atoms with Crippen LogP contribution in [0.5, 0.6) is 0 Å². The van der Waals surface area contributed by atoms with Crippen LogP contribution in [-0.2, 0) is 9.53 Å². The van der Waals surface area contributed by atoms with E-state index in [0.717, 1.165) is 16.8 Å². The molecule has 0 radical (unpaired) electrons. The number of nitrogens with zero attached hydrogens (tertiary/aromatic N) is 1. The number of carbonyl (C=O) groups is 2. The van der Waals surface area contributed by atoms with E-state index in [0.29, 0.717) is 17.7 Å². The summed E-state index contributed by atoms with van der Waals surface area (Å²) in [5, 5.41) is 0. The van der Waals surface area contributed by atoms with Crippen molar-refractivity contribution >= 4 is 23.6 Å². The van der Waals surface area contributed by atoms with Gasteiger partial charge in [0.15, 0.2) is 0 Å². The molecule has 0 unspecified atom stereocenters. The summed E-state index contributed by atoms with van der Waals surface area (Å²) in [4.78, 5) is 25.9. The molecule has 0 saturated carbocycles. The molecular formula is C21H19NO3. The van der Waals surface area contributed by atoms with Gasteiger partial charge in [-0.15, -0.1) is 0 Å². The molecular weight excluding hydrogens is 314 g/mol. The maximum Gasteiger partial charge on any atom is 0.333 e. The Balaban J connectivity index is 1.88. The van der Waals surface area contributed by atoms with Crippen LogP contribution in [0.15, 0.2) is 66.7 Å². The molecule has 1 aliphatic rings. The molecule has 4 heteroatoms. The van der Waals surface area contributed by atoms with E-state index in [1.165, 1.54) is 0 Å². The van der Waals surface area contributed by atoms with Gasteiger partial charge in [0.05, 0.1) is 12.2 Å². The summed E-state index contributed by atoms with van der Waals surface area (Å²) in [5.41, 5.74) is 3.72. The Morgan fingerprint density at radius 2 is 1.72 bits per heavy atom. The highest BCUT2D eigenvalue weighted by atomic mass is 16.5. The Labute approximate surface area is 147 Å². The zero-order valence-corrected chi connectivity index (χ0v) is 14.1. The second-order valence-corrected chi connectivity index (χ2v) is 5.86. The minimum absolute atomic E-state index is 0.0795. The largest absolute Gasteiger partial charge is 0.460 e. The van der Waals surface area contributed by atoms with Gasteiger partial charge in [0.2, 0.25) is 0 Å². The van der Waals surface area contributed by atoms with Crippen molar-refractivity contribution in [2.75, 3.05) is 13.2 Å². The summed E-state index contributed by atoms with van der Waals surface area (Å²) in [6.45, 7) is 5.57. The van der Waals surface area contributed by atoms with E-state index >= 15 is 0 Å². The lowest BCUT2D eigenvalue weighted by atomic mass is 10.1. The van der Waals surface area contributed by atoms with Crippen LogP contribution in [0.3, 0.4) is 0 Å². The van der Waals surface area contributed by atoms with Crippen molar-refractivity contribution in [3.8, 4) is 0 Å². The first kappa shape index (κ1) is 16.7. The average Bonchev–Trinajstić information content (AvgIpc) is 2.88. The highest BCUT2D eigenvalue weighted by Gasteiger charge is 2.31. The highest BCUT2D eigenvalue weighted by Crippen LogP contribution is 2.33. The van der Waals surface area contributed by atoms with Crippen molar-refractivity contribution in [2.24, 2.45) is 0 Å². The number of rotatable bonds is 5. The fraction of sp³-hybridized carbons (Fsp3) is 0.143. The molecule has 0 N–H and O–H groups in total. The number of fused-ring (bicyclic) bond motifs is 1. The molecule has 0 fully saturated rings. The predicted octanol–water partition coefficient (Wildman–Crippen LogP) is 3.76. The van der Waals surface area contributed by atoms with E-state index < -0.39 is 5.97 Å². The van der Waals surface area contributed by atoms with Crippen LogP contribution in [0.25, 0.3) is 11.8 Å². The Morgan fingerprint density at radius 1 is 1.08 bits per heavy atom. The van der Waals surface area contributed by atoms with E-state index in [2.05, 4.69) is 6.58 Å². The summed E-state index contributed by atoms with van der Waals surface area (Å²) >= 11 is 0. The fourth-order valence-electron chi connectivity index (χ4n) is 2.73. The molecule has 4 nitrogen and oxygen atoms in total. The smallest absolute Gasteiger partial charge is 0.333 e. The second-order valence-electron chi connectivity index (χ2n) is 5.86. The molecule has 0 aromatic heterocycles. The summed E-state index contributed by atoms with van der Waals surface area (Å²) in [6.07, 6.45) is 1.98. The molecule has 126 valence electrons. The minimum atomic E-state index is -0.447. The monoisotopic (exact) mass is 333 g/mol. The number of esters is 1. The van der Waals surface area contributed by atoms with Gasteiger partial charge in [-0.25, -0.2) is 4.79 Å². The lowest BCUT2D eigenvalue weighted by Gasteiger charge is -2.18. The maximum atomic E-state index is 12.7. The van der Waals surface area contributed by atoms with E-state index in [1.54, 1.807) is 11.8 Å². The number of amides is 1. The van der Waals surface area contributed by atoms with Gasteiger partial charge < -0.3 is 9.64 Å². The number of ether oxygens (including phenoxy) is 1. The normalized spacial score (nSPS) is 14.5. The van der Waals surface area contributed by atoms with E-state index in [4.69, 9.17) is 4.74 Å². The number of hydrogen-bond acceptors (Lipinski definition) is 3. The molecule has 2 aromatic carbocycles. The lowest BCUT2D eigenvalue weighted by molar-refractivity contribution is -0.139. The standard InChI is InChI=1S/C21H19NO3/c1-15(2)21(24)25-13-12-22-19(14-16-8-4-3-5-9-16)17-10-6-7-11-18(17)20(22)23/h3-11,14H,1,12-13H2,2H3/b19-14+. The van der Waals surface area contributed by atoms with Gasteiger partial charge >= 0.3 is 5.97 Å². The Bertz CT molecular complexity index is 852. The SMILES string of the molecule is C=C(C)C(=O)OCCN1C(=O)c2ccccc2/C1=C\c1ccccc1. The van der Waals surface area contributed by atoms with Crippen molar-refractivity contribution < 1.29 is 14.3 Å². The van der Waals surface area contributed by atoms with E-state index in [-0.39, 0.29) is 12.5 Å². The van der Waals surface area contributed by atoms with Crippen LogP contribution < -0.4 is 0 Å². The zero-order valence-electron chi connectivity index (χ0n) is 14.1. The molecule has 1 amide bonds. The van der Waals surface area contributed by atoms with Crippen LogP contribution in [0.4, 0.5) is 0 Å². The van der Waals surface area contributed by atoms with Gasteiger partial charge in [0.1, 0.15) is 6.61 Å². The van der Waals surface area contributed by atoms with Crippen LogP contribution >= 0.6 is 0 Å². The molecule has 2 aromatic rings. The molecule has 1 aliphatic heterocycles. The van der Waals surface area contributed by atoms with Crippen LogP contribution in [0, 0.1) is 0 Å². The lowest BCUT2D eigenvalue weighted by Crippen LogP contribution is -2.28. The molecule has 0 aliphatic carbocycles. The number of hydrogen-bond donors (Lipinski definition) is 0. The van der Waals surface area contributed by atoms with Crippen LogP contribution in [0.2, 0.25) is 0 Å². The van der Waals surface area contributed by atoms with Gasteiger partial charge in [0.25, 0.3) is 5.91 Å². The first-order valence-electron chi connectivity index (χ1n) is 8.08. The van der Waals surface area contributed by atoms with Gasteiger partial charge in [-0.05, 0) is 24.6 Å². The Kier molecular flexibility index (Phi) is 4.80. The van der Waals surface area contributed by atoms with Crippen molar-refractivity contribution in [3.05, 3.63) is 83.4 Å². The Morgan fingerprint density at radius 3 is 2.40 bits per heavy atom. The van der Waals surface area contributed by atoms with Gasteiger partial charge in [-0.2, -0.15) is 0 Å². The second kappa shape index (κ2) is 7.18. The molecule has 1 heterocycles. The predicted molar refractivity (Wildman–Crippen MR) is 97.6 cm³/mol. The van der Waals surface area contributed by atoms with Crippen molar-refractivity contribution in [3.63, 3.8) is 0 Å². The summed E-state index contributed by atoms with van der Waals surface area (Å²) < 4.78 is 5.15. The van der Waals surface area contributed by atoms with Crippen molar-refractivity contribution in [1.29, 1.82) is 0 Å². The quantitative estimate of drug-likeness (QED) is 0.618. The molecule has 0 saturated heterocycles. The Hall–Kier alpha value is -3.14. The maximum absolute atomic E-state index is 12.7. The summed E-state index contributed by atoms with van der Waals surface area (Å²) in [7, 11) is 0. The topological polar surface area (TPSA) is 46.6 Å². The minimum Gasteiger partial charge on any atom is -0.460 e. The number of benzene rings is 2. The molecule has 25 heavy (non-hydrogen) atoms. The van der Waals surface area contributed by atoms with Crippen molar-refractivity contribution in [2.45, 2.75) is 6.92 Å². The van der Waals surface area contributed by atoms with Gasteiger partial charge in [0, 0.05) is 16.7 Å². The first-order valence-corrected chi connectivity index (χ1v) is 8.08. The molecule has 0 spiro atoms. The van der Waals surface area contributed by atoms with Gasteiger partial charge in [-0.1, -0.05) is 55.1 Å². The van der Waals surface area contributed by atoms with Crippen LogP contribution in [0.1, 0.15) is 28.4 Å². The summed E-state index contributed by atoms with van der Waals surface area (Å²) in [6, 6.07) is 17.3. The first-order chi connectivity index (χ1) is 12.1. The molecule has 3 rings (SSSR count). The third kappa shape index (κ3) is 3.53. The molecule has 0 atom stereocenters. The van der Waals surface area contributed by atoms with Crippen LogP contribution in [-0.4, -0.2) is 29.9 Å². The average molecular weight is 333 g/mol.